The monoisotopic (exact) mass is 892 g/mol. The third-order valence-corrected chi connectivity index (χ3v) is 15.1. The SMILES string of the molecule is C1=CCCC(c2cc(-c3ccccc3)c(-c3ccccc3)c3c4ccc(N5c6ccccc6Cc6ccccc65)cc4c4cc(-c5ccc(N6c7ccccc7Cc7ccccc76)cc5)ccc4c23)=C1. The van der Waals surface area contributed by atoms with E-state index < -0.39 is 0 Å². The predicted octanol–water partition coefficient (Wildman–Crippen LogP) is 18.6. The highest BCUT2D eigenvalue weighted by Gasteiger charge is 2.28. The molecular weight excluding hydrogens is 845 g/mol. The van der Waals surface area contributed by atoms with E-state index in [1.807, 2.05) is 0 Å². The topological polar surface area (TPSA) is 6.48 Å². The quantitative estimate of drug-likeness (QED) is 0.154. The van der Waals surface area contributed by atoms with Crippen molar-refractivity contribution in [2.45, 2.75) is 25.7 Å². The Hall–Kier alpha value is -8.72. The Balaban J connectivity index is 1.05. The minimum atomic E-state index is 0.916. The highest BCUT2D eigenvalue weighted by atomic mass is 15.2. The third-order valence-electron chi connectivity index (χ3n) is 15.1. The van der Waals surface area contributed by atoms with Gasteiger partial charge in [-0.1, -0.05) is 182 Å². The van der Waals surface area contributed by atoms with Gasteiger partial charge in [-0.25, -0.2) is 0 Å². The average Bonchev–Trinajstić information content (AvgIpc) is 3.44. The van der Waals surface area contributed by atoms with Gasteiger partial charge in [-0.3, -0.25) is 0 Å². The van der Waals surface area contributed by atoms with Crippen LogP contribution in [-0.4, -0.2) is 0 Å². The van der Waals surface area contributed by atoms with Crippen LogP contribution in [0.25, 0.3) is 71.3 Å². The van der Waals surface area contributed by atoms with Gasteiger partial charge < -0.3 is 9.80 Å². The Kier molecular flexibility index (Phi) is 9.52. The second-order valence-corrected chi connectivity index (χ2v) is 19.1. The van der Waals surface area contributed by atoms with Gasteiger partial charge >= 0.3 is 0 Å². The molecule has 0 N–H and O–H groups in total. The zero-order valence-corrected chi connectivity index (χ0v) is 38.8. The average molecular weight is 893 g/mol. The molecule has 0 unspecified atom stereocenters. The Morgan fingerprint density at radius 2 is 0.814 bits per heavy atom. The molecule has 0 fully saturated rings. The minimum Gasteiger partial charge on any atom is -0.310 e. The van der Waals surface area contributed by atoms with Crippen molar-refractivity contribution in [1.82, 2.24) is 0 Å². The van der Waals surface area contributed by atoms with E-state index in [1.165, 1.54) is 122 Å². The summed E-state index contributed by atoms with van der Waals surface area (Å²) in [6, 6.07) is 84.0. The molecule has 0 saturated heterocycles. The molecule has 0 radical (unpaired) electrons. The van der Waals surface area contributed by atoms with Crippen LogP contribution in [0, 0.1) is 0 Å². The van der Waals surface area contributed by atoms with Crippen molar-refractivity contribution >= 4 is 72.0 Å². The van der Waals surface area contributed by atoms with Gasteiger partial charge in [0.15, 0.2) is 0 Å². The minimum absolute atomic E-state index is 0.916. The van der Waals surface area contributed by atoms with E-state index in [9.17, 15) is 0 Å². The molecule has 2 heterocycles. The van der Waals surface area contributed by atoms with Gasteiger partial charge in [0.2, 0.25) is 0 Å². The molecule has 0 spiro atoms. The fourth-order valence-corrected chi connectivity index (χ4v) is 11.9. The van der Waals surface area contributed by atoms with Crippen molar-refractivity contribution in [3.8, 4) is 33.4 Å². The summed E-state index contributed by atoms with van der Waals surface area (Å²) in [5, 5.41) is 7.63. The molecular formula is C68H48N2. The van der Waals surface area contributed by atoms with Crippen LogP contribution >= 0.6 is 0 Å². The molecule has 0 bridgehead atoms. The molecule has 11 aromatic carbocycles. The Bertz CT molecular complexity index is 3840. The van der Waals surface area contributed by atoms with Crippen LogP contribution in [-0.2, 0) is 12.8 Å². The van der Waals surface area contributed by atoms with E-state index in [-0.39, 0.29) is 0 Å². The van der Waals surface area contributed by atoms with Crippen LogP contribution < -0.4 is 9.80 Å². The number of benzene rings is 11. The van der Waals surface area contributed by atoms with Crippen molar-refractivity contribution < 1.29 is 0 Å². The molecule has 0 aromatic heterocycles. The lowest BCUT2D eigenvalue weighted by Gasteiger charge is -2.34. The summed E-state index contributed by atoms with van der Waals surface area (Å²) in [6.07, 6.45) is 10.8. The van der Waals surface area contributed by atoms with Gasteiger partial charge in [0.1, 0.15) is 0 Å². The Morgan fingerprint density at radius 3 is 1.40 bits per heavy atom. The molecule has 14 rings (SSSR count). The number of anilines is 6. The molecule has 330 valence electrons. The summed E-state index contributed by atoms with van der Waals surface area (Å²) >= 11 is 0. The summed E-state index contributed by atoms with van der Waals surface area (Å²) in [4.78, 5) is 4.92. The summed E-state index contributed by atoms with van der Waals surface area (Å²) in [5.41, 5.74) is 22.7. The first-order chi connectivity index (χ1) is 34.7. The molecule has 1 aliphatic carbocycles. The van der Waals surface area contributed by atoms with Gasteiger partial charge in [0.05, 0.1) is 0 Å². The predicted molar refractivity (Wildman–Crippen MR) is 297 cm³/mol. The number of rotatable bonds is 6. The normalized spacial score (nSPS) is 13.7. The number of hydrogen-bond donors (Lipinski definition) is 0. The van der Waals surface area contributed by atoms with Crippen molar-refractivity contribution in [2.24, 2.45) is 0 Å². The fourth-order valence-electron chi connectivity index (χ4n) is 11.9. The summed E-state index contributed by atoms with van der Waals surface area (Å²) in [6.45, 7) is 0. The first-order valence-corrected chi connectivity index (χ1v) is 24.7. The summed E-state index contributed by atoms with van der Waals surface area (Å²) < 4.78 is 0. The fraction of sp³-hybridized carbons (Fsp3) is 0.0588. The Morgan fingerprint density at radius 1 is 0.329 bits per heavy atom. The maximum Gasteiger partial charge on any atom is 0.0497 e. The van der Waals surface area contributed by atoms with Crippen LogP contribution in [0.15, 0.2) is 243 Å². The first-order valence-electron chi connectivity index (χ1n) is 24.7. The molecule has 0 atom stereocenters. The highest BCUT2D eigenvalue weighted by molar-refractivity contribution is 6.32. The lowest BCUT2D eigenvalue weighted by Crippen LogP contribution is -2.18. The number of nitrogens with zero attached hydrogens (tertiary/aromatic N) is 2. The largest absolute Gasteiger partial charge is 0.310 e. The van der Waals surface area contributed by atoms with Crippen LogP contribution in [0.2, 0.25) is 0 Å². The maximum atomic E-state index is 2.51. The van der Waals surface area contributed by atoms with Crippen molar-refractivity contribution in [2.75, 3.05) is 9.80 Å². The Labute approximate surface area is 409 Å². The smallest absolute Gasteiger partial charge is 0.0497 e. The van der Waals surface area contributed by atoms with Gasteiger partial charge in [0.25, 0.3) is 0 Å². The van der Waals surface area contributed by atoms with Crippen LogP contribution in [0.5, 0.6) is 0 Å². The van der Waals surface area contributed by atoms with E-state index in [2.05, 4.69) is 252 Å². The molecule has 2 aliphatic heterocycles. The van der Waals surface area contributed by atoms with E-state index in [0.717, 1.165) is 37.1 Å². The van der Waals surface area contributed by atoms with Gasteiger partial charge in [-0.15, -0.1) is 0 Å². The van der Waals surface area contributed by atoms with Crippen LogP contribution in [0.1, 0.15) is 40.7 Å². The number of allylic oxidation sites excluding steroid dienone is 4. The summed E-state index contributed by atoms with van der Waals surface area (Å²) in [5.74, 6) is 0. The van der Waals surface area contributed by atoms with Crippen molar-refractivity contribution in [3.05, 3.63) is 271 Å². The number of hydrogen-bond acceptors (Lipinski definition) is 2. The molecule has 70 heavy (non-hydrogen) atoms. The molecule has 0 amide bonds. The van der Waals surface area contributed by atoms with Crippen LogP contribution in [0.3, 0.4) is 0 Å². The van der Waals surface area contributed by atoms with Gasteiger partial charge in [-0.05, 0) is 173 Å². The van der Waals surface area contributed by atoms with E-state index in [4.69, 9.17) is 0 Å². The zero-order valence-electron chi connectivity index (χ0n) is 38.8. The molecule has 11 aromatic rings. The standard InChI is InChI=1S/C68H48N2/c1-4-18-46(19-5-1)58-44-59(47-20-6-2-7-21-47)67-56-38-34-49(45-32-35-54(36-33-45)69-62-28-14-10-24-50(62)40-51-25-11-15-29-63(51)69)42-60(56)61-43-55(37-39-57(61)68(67)66(58)48-22-8-3-9-23-48)70-64-30-16-12-26-52(64)41-53-27-13-17-31-65(53)70/h1-6,8-20,22-39,42-44H,7,21,40-41H2. The van der Waals surface area contributed by atoms with Crippen molar-refractivity contribution in [1.29, 1.82) is 0 Å². The lowest BCUT2D eigenvalue weighted by atomic mass is 9.80. The maximum absolute atomic E-state index is 2.51. The highest BCUT2D eigenvalue weighted by Crippen LogP contribution is 2.52. The number of fused-ring (bicyclic) bond motifs is 10. The number of para-hydroxylation sites is 4. The molecule has 3 aliphatic rings. The molecule has 0 saturated carbocycles. The van der Waals surface area contributed by atoms with Gasteiger partial charge in [-0.2, -0.15) is 0 Å². The van der Waals surface area contributed by atoms with Crippen molar-refractivity contribution in [3.63, 3.8) is 0 Å². The third kappa shape index (κ3) is 6.55. The second-order valence-electron chi connectivity index (χ2n) is 19.1. The van der Waals surface area contributed by atoms with Gasteiger partial charge in [0, 0.05) is 47.0 Å². The van der Waals surface area contributed by atoms with Crippen LogP contribution in [0.4, 0.5) is 34.1 Å². The zero-order chi connectivity index (χ0) is 46.1. The molecule has 2 heteroatoms. The van der Waals surface area contributed by atoms with E-state index >= 15 is 0 Å². The molecule has 2 nitrogen and oxygen atoms in total. The first kappa shape index (κ1) is 40.4. The van der Waals surface area contributed by atoms with E-state index in [0.29, 0.717) is 0 Å². The van der Waals surface area contributed by atoms with E-state index in [1.54, 1.807) is 0 Å². The lowest BCUT2D eigenvalue weighted by molar-refractivity contribution is 1.06. The summed E-state index contributed by atoms with van der Waals surface area (Å²) in [7, 11) is 0. The second kappa shape index (κ2) is 16.5.